The summed E-state index contributed by atoms with van der Waals surface area (Å²) in [5.74, 6) is -0.254. The van der Waals surface area contributed by atoms with Crippen LogP contribution in [-0.2, 0) is 9.53 Å². The molecule has 0 aliphatic rings. The molecule has 0 aliphatic carbocycles. The number of hydrogen-bond acceptors (Lipinski definition) is 2. The van der Waals surface area contributed by atoms with E-state index in [1.165, 1.54) is 6.08 Å². The summed E-state index contributed by atoms with van der Waals surface area (Å²) in [5.41, 5.74) is -0.381. The molecule has 0 amide bonds. The van der Waals surface area contributed by atoms with Gasteiger partial charge in [0.15, 0.2) is 0 Å². The standard InChI is InChI=1S/C10H18O2/c1-5-6-7-8-9(11)12-10(2,3)4/h7-8H,5-6H2,1-4H3/b8-7+. The number of allylic oxidation sites excluding steroid dienone is 1. The summed E-state index contributed by atoms with van der Waals surface area (Å²) in [4.78, 5) is 11.0. The Hall–Kier alpha value is -0.790. The second-order valence-electron chi connectivity index (χ2n) is 3.72. The van der Waals surface area contributed by atoms with Crippen molar-refractivity contribution in [2.24, 2.45) is 0 Å². The maximum absolute atomic E-state index is 11.0. The zero-order chi connectivity index (χ0) is 9.61. The number of rotatable bonds is 3. The highest BCUT2D eigenvalue weighted by Crippen LogP contribution is 2.07. The Morgan fingerprint density at radius 3 is 2.42 bits per heavy atom. The van der Waals surface area contributed by atoms with Crippen molar-refractivity contribution in [3.63, 3.8) is 0 Å². The van der Waals surface area contributed by atoms with Gasteiger partial charge in [-0.25, -0.2) is 4.79 Å². The molecule has 0 atom stereocenters. The zero-order valence-electron chi connectivity index (χ0n) is 8.39. The monoisotopic (exact) mass is 170 g/mol. The van der Waals surface area contributed by atoms with Gasteiger partial charge < -0.3 is 4.74 Å². The van der Waals surface area contributed by atoms with Crippen LogP contribution in [0.3, 0.4) is 0 Å². The average Bonchev–Trinajstić information content (AvgIpc) is 1.84. The van der Waals surface area contributed by atoms with E-state index < -0.39 is 0 Å². The number of esters is 1. The number of ether oxygens (including phenoxy) is 1. The van der Waals surface area contributed by atoms with E-state index in [0.717, 1.165) is 12.8 Å². The molecule has 0 unspecified atom stereocenters. The lowest BCUT2D eigenvalue weighted by atomic mass is 10.2. The smallest absolute Gasteiger partial charge is 0.330 e. The van der Waals surface area contributed by atoms with Crippen LogP contribution in [0, 0.1) is 0 Å². The van der Waals surface area contributed by atoms with Gasteiger partial charge in [0.05, 0.1) is 0 Å². The van der Waals surface area contributed by atoms with Crippen molar-refractivity contribution in [2.75, 3.05) is 0 Å². The predicted molar refractivity (Wildman–Crippen MR) is 49.9 cm³/mol. The Labute approximate surface area is 74.6 Å². The van der Waals surface area contributed by atoms with Gasteiger partial charge >= 0.3 is 5.97 Å². The summed E-state index contributed by atoms with van der Waals surface area (Å²) in [6.45, 7) is 7.65. The molecule has 0 aromatic rings. The van der Waals surface area contributed by atoms with Gasteiger partial charge in [0.2, 0.25) is 0 Å². The zero-order valence-corrected chi connectivity index (χ0v) is 8.39. The highest BCUT2D eigenvalue weighted by Gasteiger charge is 2.13. The third-order valence-electron chi connectivity index (χ3n) is 1.12. The van der Waals surface area contributed by atoms with Crippen molar-refractivity contribution in [3.8, 4) is 0 Å². The summed E-state index contributed by atoms with van der Waals surface area (Å²) in [5, 5.41) is 0. The Bertz CT molecular complexity index is 163. The molecule has 0 spiro atoms. The van der Waals surface area contributed by atoms with Crippen LogP contribution in [0.25, 0.3) is 0 Å². The molecule has 0 rings (SSSR count). The van der Waals surface area contributed by atoms with E-state index in [9.17, 15) is 4.79 Å². The Morgan fingerprint density at radius 2 is 2.00 bits per heavy atom. The number of carbonyl (C=O) groups is 1. The highest BCUT2D eigenvalue weighted by molar-refractivity contribution is 5.82. The molecule has 0 N–H and O–H groups in total. The van der Waals surface area contributed by atoms with E-state index >= 15 is 0 Å². The van der Waals surface area contributed by atoms with E-state index in [1.54, 1.807) is 0 Å². The molecular weight excluding hydrogens is 152 g/mol. The van der Waals surface area contributed by atoms with Gasteiger partial charge in [-0.1, -0.05) is 19.4 Å². The molecule has 2 nitrogen and oxygen atoms in total. The first-order valence-corrected chi connectivity index (χ1v) is 4.35. The van der Waals surface area contributed by atoms with Crippen LogP contribution in [0.4, 0.5) is 0 Å². The summed E-state index contributed by atoms with van der Waals surface area (Å²) in [6.07, 6.45) is 5.32. The van der Waals surface area contributed by atoms with Crippen molar-refractivity contribution in [3.05, 3.63) is 12.2 Å². The van der Waals surface area contributed by atoms with Crippen LogP contribution in [0.1, 0.15) is 40.5 Å². The van der Waals surface area contributed by atoms with Crippen molar-refractivity contribution >= 4 is 5.97 Å². The van der Waals surface area contributed by atoms with Gasteiger partial charge in [0.25, 0.3) is 0 Å². The van der Waals surface area contributed by atoms with E-state index in [2.05, 4.69) is 6.92 Å². The molecule has 0 saturated carbocycles. The maximum Gasteiger partial charge on any atom is 0.330 e. The van der Waals surface area contributed by atoms with Crippen molar-refractivity contribution < 1.29 is 9.53 Å². The molecule has 0 saturated heterocycles. The highest BCUT2D eigenvalue weighted by atomic mass is 16.6. The minimum absolute atomic E-state index is 0.254. The van der Waals surface area contributed by atoms with Crippen LogP contribution in [0.2, 0.25) is 0 Å². The van der Waals surface area contributed by atoms with Crippen LogP contribution >= 0.6 is 0 Å². The normalized spacial score (nSPS) is 12.0. The molecule has 0 fully saturated rings. The van der Waals surface area contributed by atoms with Gasteiger partial charge in [0.1, 0.15) is 5.60 Å². The molecule has 0 aromatic carbocycles. The molecule has 0 heterocycles. The Kier molecular flexibility index (Phi) is 4.64. The summed E-state index contributed by atoms with van der Waals surface area (Å²) in [7, 11) is 0. The molecule has 12 heavy (non-hydrogen) atoms. The number of hydrogen-bond donors (Lipinski definition) is 0. The van der Waals surface area contributed by atoms with Gasteiger partial charge in [0, 0.05) is 6.08 Å². The lowest BCUT2D eigenvalue weighted by molar-refractivity contribution is -0.148. The van der Waals surface area contributed by atoms with Crippen molar-refractivity contribution in [1.29, 1.82) is 0 Å². The minimum Gasteiger partial charge on any atom is -0.457 e. The summed E-state index contributed by atoms with van der Waals surface area (Å²) >= 11 is 0. The number of unbranched alkanes of at least 4 members (excludes halogenated alkanes) is 1. The van der Waals surface area contributed by atoms with Crippen LogP contribution in [0.5, 0.6) is 0 Å². The van der Waals surface area contributed by atoms with E-state index in [0.29, 0.717) is 0 Å². The summed E-state index contributed by atoms with van der Waals surface area (Å²) < 4.78 is 5.06. The topological polar surface area (TPSA) is 26.3 Å². The quantitative estimate of drug-likeness (QED) is 0.481. The van der Waals surface area contributed by atoms with Gasteiger partial charge in [-0.3, -0.25) is 0 Å². The van der Waals surface area contributed by atoms with Gasteiger partial charge in [-0.2, -0.15) is 0 Å². The van der Waals surface area contributed by atoms with Crippen LogP contribution in [0.15, 0.2) is 12.2 Å². The lowest BCUT2D eigenvalue weighted by Gasteiger charge is -2.17. The van der Waals surface area contributed by atoms with E-state index in [4.69, 9.17) is 4.74 Å². The fourth-order valence-electron chi connectivity index (χ4n) is 0.682. The van der Waals surface area contributed by atoms with Crippen molar-refractivity contribution in [1.82, 2.24) is 0 Å². The third-order valence-corrected chi connectivity index (χ3v) is 1.12. The number of carbonyl (C=O) groups excluding carboxylic acids is 1. The average molecular weight is 170 g/mol. The first-order valence-electron chi connectivity index (χ1n) is 4.35. The largest absolute Gasteiger partial charge is 0.457 e. The predicted octanol–water partition coefficient (Wildman–Crippen LogP) is 2.68. The SMILES string of the molecule is CCC/C=C/C(=O)OC(C)(C)C. The molecule has 0 aliphatic heterocycles. The van der Waals surface area contributed by atoms with Crippen LogP contribution in [-0.4, -0.2) is 11.6 Å². The fourth-order valence-corrected chi connectivity index (χ4v) is 0.682. The minimum atomic E-state index is -0.381. The van der Waals surface area contributed by atoms with Gasteiger partial charge in [-0.15, -0.1) is 0 Å². The summed E-state index contributed by atoms with van der Waals surface area (Å²) in [6, 6.07) is 0. The molecule has 2 heteroatoms. The molecule has 0 aromatic heterocycles. The van der Waals surface area contributed by atoms with Gasteiger partial charge in [-0.05, 0) is 27.2 Å². The van der Waals surface area contributed by atoms with E-state index in [-0.39, 0.29) is 11.6 Å². The first kappa shape index (κ1) is 11.2. The van der Waals surface area contributed by atoms with E-state index in [1.807, 2.05) is 26.8 Å². The van der Waals surface area contributed by atoms with Crippen molar-refractivity contribution in [2.45, 2.75) is 46.1 Å². The van der Waals surface area contributed by atoms with Crippen LogP contribution < -0.4 is 0 Å². The Balaban J connectivity index is 3.75. The second-order valence-corrected chi connectivity index (χ2v) is 3.72. The molecular formula is C10H18O2. The molecule has 70 valence electrons. The second kappa shape index (κ2) is 4.96. The molecule has 0 radical (unpaired) electrons. The fraction of sp³-hybridized carbons (Fsp3) is 0.700. The maximum atomic E-state index is 11.0. The molecule has 0 bridgehead atoms. The first-order chi connectivity index (χ1) is 5.45. The Morgan fingerprint density at radius 1 is 1.42 bits per heavy atom. The lowest BCUT2D eigenvalue weighted by Crippen LogP contribution is -2.22. The third kappa shape index (κ3) is 7.32.